The van der Waals surface area contributed by atoms with Crippen molar-refractivity contribution in [3.63, 3.8) is 0 Å². The number of fused-ring (bicyclic) bond motifs is 2. The third kappa shape index (κ3) is 5.90. The molecule has 0 fully saturated rings. The van der Waals surface area contributed by atoms with Crippen LogP contribution in [0.5, 0.6) is 11.5 Å². The van der Waals surface area contributed by atoms with Crippen molar-refractivity contribution >= 4 is 22.6 Å². The molecule has 7 nitrogen and oxygen atoms in total. The number of nitrogens with one attached hydrogen (secondary N) is 2. The van der Waals surface area contributed by atoms with Gasteiger partial charge in [0.2, 0.25) is 0 Å². The quantitative estimate of drug-likeness (QED) is 0.203. The van der Waals surface area contributed by atoms with E-state index < -0.39 is 0 Å². The molecule has 43 heavy (non-hydrogen) atoms. The van der Waals surface area contributed by atoms with Crippen LogP contribution in [-0.4, -0.2) is 49.8 Å². The van der Waals surface area contributed by atoms with E-state index in [2.05, 4.69) is 81.2 Å². The fourth-order valence-electron chi connectivity index (χ4n) is 6.34. The molecule has 0 aliphatic carbocycles. The summed E-state index contributed by atoms with van der Waals surface area (Å²) in [5.74, 6) is 1.75. The van der Waals surface area contributed by atoms with Crippen molar-refractivity contribution in [1.29, 1.82) is 0 Å². The first-order valence-electron chi connectivity index (χ1n) is 14.6. The molecule has 1 unspecified atom stereocenters. The second kappa shape index (κ2) is 13.0. The fourth-order valence-corrected chi connectivity index (χ4v) is 6.34. The smallest absolute Gasteiger partial charge is 0.319 e. The van der Waals surface area contributed by atoms with Gasteiger partial charge in [0.05, 0.1) is 25.4 Å². The summed E-state index contributed by atoms with van der Waals surface area (Å²) in [7, 11) is 3.46. The molecule has 218 valence electrons. The number of carbonyl (C=O) groups is 1. The summed E-state index contributed by atoms with van der Waals surface area (Å²) in [4.78, 5) is 19.9. The predicted octanol–water partition coefficient (Wildman–Crippen LogP) is 6.81. The SMILES string of the molecule is COc1ccc(OC)c2c1CCN(CCNC(=O)Nc1ccnc3ccccc13)C2C(c1ccccc1)c1ccccc1. The van der Waals surface area contributed by atoms with Crippen molar-refractivity contribution in [1.82, 2.24) is 15.2 Å². The first kappa shape index (κ1) is 28.2. The lowest BCUT2D eigenvalue weighted by molar-refractivity contribution is 0.165. The number of rotatable bonds is 9. The van der Waals surface area contributed by atoms with Gasteiger partial charge in [0.1, 0.15) is 11.5 Å². The molecule has 5 aromatic rings. The highest BCUT2D eigenvalue weighted by atomic mass is 16.5. The van der Waals surface area contributed by atoms with E-state index in [0.29, 0.717) is 13.1 Å². The molecule has 1 aliphatic rings. The number of hydrogen-bond donors (Lipinski definition) is 2. The van der Waals surface area contributed by atoms with Crippen molar-refractivity contribution in [3.8, 4) is 11.5 Å². The number of nitrogens with zero attached hydrogens (tertiary/aromatic N) is 2. The average Bonchev–Trinajstić information content (AvgIpc) is 3.06. The minimum Gasteiger partial charge on any atom is -0.496 e. The number of aromatic nitrogens is 1. The number of benzene rings is 4. The van der Waals surface area contributed by atoms with Gasteiger partial charge < -0.3 is 20.1 Å². The molecule has 1 atom stereocenters. The maximum atomic E-state index is 13.0. The van der Waals surface area contributed by atoms with Crippen LogP contribution >= 0.6 is 0 Å². The highest BCUT2D eigenvalue weighted by molar-refractivity contribution is 6.00. The van der Waals surface area contributed by atoms with Gasteiger partial charge in [0, 0.05) is 54.3 Å². The summed E-state index contributed by atoms with van der Waals surface area (Å²) < 4.78 is 11.8. The topological polar surface area (TPSA) is 75.7 Å². The van der Waals surface area contributed by atoms with E-state index in [0.717, 1.165) is 46.6 Å². The molecule has 0 spiro atoms. The average molecular weight is 573 g/mol. The van der Waals surface area contributed by atoms with Crippen molar-refractivity contribution in [2.24, 2.45) is 0 Å². The van der Waals surface area contributed by atoms with Crippen LogP contribution in [0, 0.1) is 0 Å². The van der Waals surface area contributed by atoms with E-state index in [1.165, 1.54) is 16.7 Å². The number of carbonyl (C=O) groups excluding carboxylic acids is 1. The second-order valence-corrected chi connectivity index (χ2v) is 10.6. The van der Waals surface area contributed by atoms with Gasteiger partial charge >= 0.3 is 6.03 Å². The molecule has 0 bridgehead atoms. The van der Waals surface area contributed by atoms with Crippen molar-refractivity contribution < 1.29 is 14.3 Å². The highest BCUT2D eigenvalue weighted by Gasteiger charge is 2.38. The Labute approximate surface area is 252 Å². The van der Waals surface area contributed by atoms with E-state index in [4.69, 9.17) is 9.47 Å². The summed E-state index contributed by atoms with van der Waals surface area (Å²) in [5.41, 5.74) is 6.33. The van der Waals surface area contributed by atoms with E-state index in [9.17, 15) is 4.79 Å². The van der Waals surface area contributed by atoms with Gasteiger partial charge in [-0.3, -0.25) is 9.88 Å². The Morgan fingerprint density at radius 1 is 0.860 bits per heavy atom. The Bertz CT molecular complexity index is 1650. The molecule has 1 aromatic heterocycles. The van der Waals surface area contributed by atoms with E-state index in [1.54, 1.807) is 20.4 Å². The second-order valence-electron chi connectivity index (χ2n) is 10.6. The Kier molecular flexibility index (Phi) is 8.52. The van der Waals surface area contributed by atoms with Gasteiger partial charge in [-0.2, -0.15) is 0 Å². The van der Waals surface area contributed by atoms with Crippen LogP contribution in [0.2, 0.25) is 0 Å². The van der Waals surface area contributed by atoms with Crippen molar-refractivity contribution in [3.05, 3.63) is 132 Å². The predicted molar refractivity (Wildman–Crippen MR) is 171 cm³/mol. The van der Waals surface area contributed by atoms with Gasteiger partial charge in [-0.15, -0.1) is 0 Å². The van der Waals surface area contributed by atoms with E-state index >= 15 is 0 Å². The Morgan fingerprint density at radius 3 is 2.21 bits per heavy atom. The Balaban J connectivity index is 1.31. The van der Waals surface area contributed by atoms with Crippen molar-refractivity contribution in [2.75, 3.05) is 39.2 Å². The first-order valence-corrected chi connectivity index (χ1v) is 14.6. The molecule has 0 saturated heterocycles. The zero-order valence-corrected chi connectivity index (χ0v) is 24.5. The number of anilines is 1. The number of ether oxygens (including phenoxy) is 2. The molecule has 2 heterocycles. The van der Waals surface area contributed by atoms with Crippen LogP contribution in [0.25, 0.3) is 10.9 Å². The lowest BCUT2D eigenvalue weighted by Crippen LogP contribution is -2.44. The van der Waals surface area contributed by atoms with Gasteiger partial charge in [0.25, 0.3) is 0 Å². The molecule has 7 heteroatoms. The molecular formula is C36H36N4O3. The first-order chi connectivity index (χ1) is 21.2. The number of para-hydroxylation sites is 1. The minimum absolute atomic E-state index is 0.0273. The zero-order valence-electron chi connectivity index (χ0n) is 24.5. The van der Waals surface area contributed by atoms with Gasteiger partial charge in [-0.05, 0) is 41.8 Å². The molecule has 2 N–H and O–H groups in total. The van der Waals surface area contributed by atoms with Crippen LogP contribution in [0.4, 0.5) is 10.5 Å². The summed E-state index contributed by atoms with van der Waals surface area (Å²) in [6.07, 6.45) is 2.53. The summed E-state index contributed by atoms with van der Waals surface area (Å²) >= 11 is 0. The van der Waals surface area contributed by atoms with Crippen LogP contribution in [-0.2, 0) is 6.42 Å². The molecule has 6 rings (SSSR count). The Hall–Kier alpha value is -4.88. The molecule has 0 saturated carbocycles. The maximum absolute atomic E-state index is 13.0. The van der Waals surface area contributed by atoms with Gasteiger partial charge in [-0.1, -0.05) is 78.9 Å². The number of hydrogen-bond acceptors (Lipinski definition) is 5. The van der Waals surface area contributed by atoms with E-state index in [1.807, 2.05) is 42.5 Å². The number of amides is 2. The largest absolute Gasteiger partial charge is 0.496 e. The monoisotopic (exact) mass is 572 g/mol. The van der Waals surface area contributed by atoms with E-state index in [-0.39, 0.29) is 18.0 Å². The normalized spacial score (nSPS) is 14.7. The molecule has 2 amide bonds. The molecular weight excluding hydrogens is 536 g/mol. The summed E-state index contributed by atoms with van der Waals surface area (Å²) in [5, 5.41) is 7.01. The van der Waals surface area contributed by atoms with Gasteiger partial charge in [0.15, 0.2) is 0 Å². The summed E-state index contributed by atoms with van der Waals surface area (Å²) in [6.45, 7) is 1.95. The van der Waals surface area contributed by atoms with Crippen LogP contribution in [0.1, 0.15) is 34.2 Å². The zero-order chi connectivity index (χ0) is 29.6. The summed E-state index contributed by atoms with van der Waals surface area (Å²) in [6, 6.07) is 34.6. The van der Waals surface area contributed by atoms with Crippen LogP contribution in [0.15, 0.2) is 109 Å². The highest BCUT2D eigenvalue weighted by Crippen LogP contribution is 2.49. The Morgan fingerprint density at radius 2 is 1.51 bits per heavy atom. The maximum Gasteiger partial charge on any atom is 0.319 e. The van der Waals surface area contributed by atoms with Crippen LogP contribution in [0.3, 0.4) is 0 Å². The molecule has 4 aromatic carbocycles. The van der Waals surface area contributed by atoms with Crippen LogP contribution < -0.4 is 20.1 Å². The minimum atomic E-state index is -0.243. The number of urea groups is 1. The molecule has 1 aliphatic heterocycles. The number of methoxy groups -OCH3 is 2. The number of pyridine rings is 1. The standard InChI is InChI=1S/C36H36N4O3/c1-42-31-17-18-32(43-2)34-28(31)20-23-40(35(34)33(25-11-5-3-6-12-25)26-13-7-4-8-14-26)24-22-38-36(41)39-30-19-21-37-29-16-10-9-15-27(29)30/h3-19,21,33,35H,20,22-24H2,1-2H3,(H2,37,38,39,41). The lowest BCUT2D eigenvalue weighted by Gasteiger charge is -2.43. The fraction of sp³-hybridized carbons (Fsp3) is 0.222. The lowest BCUT2D eigenvalue weighted by atomic mass is 9.77. The van der Waals surface area contributed by atoms with Crippen molar-refractivity contribution in [2.45, 2.75) is 18.4 Å². The van der Waals surface area contributed by atoms with Gasteiger partial charge in [-0.25, -0.2) is 4.79 Å². The molecule has 0 radical (unpaired) electrons. The third-order valence-electron chi connectivity index (χ3n) is 8.27. The third-order valence-corrected chi connectivity index (χ3v) is 8.27.